The van der Waals surface area contributed by atoms with Gasteiger partial charge < -0.3 is 0 Å². The molecule has 0 amide bonds. The van der Waals surface area contributed by atoms with Crippen LogP contribution in [0.4, 0.5) is 8.78 Å². The van der Waals surface area contributed by atoms with Gasteiger partial charge in [-0.1, -0.05) is 17.7 Å². The highest BCUT2D eigenvalue weighted by atomic mass is 35.5. The van der Waals surface area contributed by atoms with Crippen molar-refractivity contribution in [2.75, 3.05) is 0 Å². The van der Waals surface area contributed by atoms with Gasteiger partial charge in [0.15, 0.2) is 0 Å². The monoisotopic (exact) mass is 314 g/mol. The summed E-state index contributed by atoms with van der Waals surface area (Å²) in [5, 5.41) is 4.85. The minimum absolute atomic E-state index is 0.288. The van der Waals surface area contributed by atoms with Crippen molar-refractivity contribution in [3.8, 4) is 0 Å². The number of nitrogens with two attached hydrogens (primary N) is 1. The fraction of sp³-hybridized carbons (Fsp3) is 0.357. The van der Waals surface area contributed by atoms with Gasteiger partial charge in [0.05, 0.1) is 22.5 Å². The topological polar surface area (TPSA) is 55.9 Å². The molecule has 1 heterocycles. The third kappa shape index (κ3) is 3.23. The summed E-state index contributed by atoms with van der Waals surface area (Å²) < 4.78 is 28.6. The molecule has 1 atom stereocenters. The Balaban J connectivity index is 2.35. The molecule has 7 heteroatoms. The van der Waals surface area contributed by atoms with Crippen molar-refractivity contribution in [2.45, 2.75) is 32.9 Å². The maximum atomic E-state index is 13.9. The first-order chi connectivity index (χ1) is 9.97. The summed E-state index contributed by atoms with van der Waals surface area (Å²) >= 11 is 6.24. The van der Waals surface area contributed by atoms with Gasteiger partial charge in [-0.05, 0) is 19.9 Å². The molecule has 4 nitrogen and oxygen atoms in total. The molecule has 0 aliphatic rings. The van der Waals surface area contributed by atoms with Crippen LogP contribution >= 0.6 is 11.6 Å². The molecule has 2 rings (SSSR count). The highest BCUT2D eigenvalue weighted by molar-refractivity contribution is 6.31. The van der Waals surface area contributed by atoms with Crippen molar-refractivity contribution in [2.24, 2.45) is 5.84 Å². The van der Waals surface area contributed by atoms with Crippen molar-refractivity contribution in [1.29, 1.82) is 0 Å². The fourth-order valence-electron chi connectivity index (χ4n) is 2.30. The van der Waals surface area contributed by atoms with E-state index < -0.39 is 17.7 Å². The SMILES string of the molecule is CCn1nc(C)c(Cl)c1CC(NN)c1ccc(F)cc1F. The van der Waals surface area contributed by atoms with E-state index in [1.165, 1.54) is 12.1 Å². The summed E-state index contributed by atoms with van der Waals surface area (Å²) in [4.78, 5) is 0. The molecule has 1 aromatic carbocycles. The van der Waals surface area contributed by atoms with E-state index >= 15 is 0 Å². The summed E-state index contributed by atoms with van der Waals surface area (Å²) in [6.45, 7) is 4.39. The van der Waals surface area contributed by atoms with Crippen LogP contribution in [0.2, 0.25) is 5.02 Å². The van der Waals surface area contributed by atoms with Crippen LogP contribution in [0.3, 0.4) is 0 Å². The van der Waals surface area contributed by atoms with Crippen LogP contribution in [-0.2, 0) is 13.0 Å². The zero-order chi connectivity index (χ0) is 15.6. The third-order valence-electron chi connectivity index (χ3n) is 3.39. The van der Waals surface area contributed by atoms with Crippen molar-refractivity contribution in [3.05, 3.63) is 51.8 Å². The number of nitrogens with zero attached hydrogens (tertiary/aromatic N) is 2. The summed E-state index contributed by atoms with van der Waals surface area (Å²) in [7, 11) is 0. The quantitative estimate of drug-likeness (QED) is 0.659. The molecule has 0 radical (unpaired) electrons. The number of hydrogen-bond donors (Lipinski definition) is 2. The van der Waals surface area contributed by atoms with Crippen LogP contribution < -0.4 is 11.3 Å². The van der Waals surface area contributed by atoms with Gasteiger partial charge >= 0.3 is 0 Å². The summed E-state index contributed by atoms with van der Waals surface area (Å²) in [6.07, 6.45) is 0.354. The second kappa shape index (κ2) is 6.51. The largest absolute Gasteiger partial charge is 0.271 e. The van der Waals surface area contributed by atoms with E-state index in [2.05, 4.69) is 10.5 Å². The molecule has 2 aromatic rings. The molecular weight excluding hydrogens is 298 g/mol. The molecule has 0 bridgehead atoms. The second-order valence-corrected chi connectivity index (χ2v) is 5.13. The van der Waals surface area contributed by atoms with E-state index in [9.17, 15) is 8.78 Å². The number of aryl methyl sites for hydroxylation is 2. The van der Waals surface area contributed by atoms with Gasteiger partial charge in [-0.15, -0.1) is 0 Å². The zero-order valence-electron chi connectivity index (χ0n) is 11.8. The lowest BCUT2D eigenvalue weighted by Crippen LogP contribution is -2.31. The van der Waals surface area contributed by atoms with Crippen molar-refractivity contribution < 1.29 is 8.78 Å². The van der Waals surface area contributed by atoms with Crippen molar-refractivity contribution in [1.82, 2.24) is 15.2 Å². The first-order valence-corrected chi connectivity index (χ1v) is 6.98. The minimum Gasteiger partial charge on any atom is -0.271 e. The average Bonchev–Trinajstić information content (AvgIpc) is 2.72. The fourth-order valence-corrected chi connectivity index (χ4v) is 2.51. The average molecular weight is 315 g/mol. The molecule has 0 fully saturated rings. The molecule has 0 aliphatic carbocycles. The second-order valence-electron chi connectivity index (χ2n) is 4.75. The van der Waals surface area contributed by atoms with Crippen LogP contribution in [0, 0.1) is 18.6 Å². The number of rotatable bonds is 5. The van der Waals surface area contributed by atoms with Crippen molar-refractivity contribution in [3.63, 3.8) is 0 Å². The molecule has 0 aliphatic heterocycles. The molecular formula is C14H17ClF2N4. The Bertz CT molecular complexity index is 642. The van der Waals surface area contributed by atoms with Crippen LogP contribution in [0.25, 0.3) is 0 Å². The molecule has 0 spiro atoms. The summed E-state index contributed by atoms with van der Waals surface area (Å²) in [5.74, 6) is 4.25. The summed E-state index contributed by atoms with van der Waals surface area (Å²) in [6, 6.07) is 2.89. The van der Waals surface area contributed by atoms with Gasteiger partial charge in [0, 0.05) is 24.6 Å². The smallest absolute Gasteiger partial charge is 0.130 e. The minimum atomic E-state index is -0.645. The number of benzene rings is 1. The van der Waals surface area contributed by atoms with Gasteiger partial charge in [0.2, 0.25) is 0 Å². The van der Waals surface area contributed by atoms with Gasteiger partial charge in [0.25, 0.3) is 0 Å². The van der Waals surface area contributed by atoms with E-state index in [0.717, 1.165) is 11.8 Å². The molecule has 0 saturated heterocycles. The predicted molar refractivity (Wildman–Crippen MR) is 77.8 cm³/mol. The highest BCUT2D eigenvalue weighted by Gasteiger charge is 2.21. The number of nitrogens with one attached hydrogen (secondary N) is 1. The molecule has 21 heavy (non-hydrogen) atoms. The van der Waals surface area contributed by atoms with E-state index in [-0.39, 0.29) is 5.56 Å². The van der Waals surface area contributed by atoms with Crippen LogP contribution in [0.5, 0.6) is 0 Å². The lowest BCUT2D eigenvalue weighted by Gasteiger charge is -2.18. The van der Waals surface area contributed by atoms with E-state index in [1.54, 1.807) is 11.6 Å². The Morgan fingerprint density at radius 2 is 2.14 bits per heavy atom. The van der Waals surface area contributed by atoms with Gasteiger partial charge in [-0.2, -0.15) is 5.10 Å². The van der Waals surface area contributed by atoms with Gasteiger partial charge in [0.1, 0.15) is 11.6 Å². The lowest BCUT2D eigenvalue weighted by molar-refractivity contribution is 0.485. The molecule has 1 aromatic heterocycles. The van der Waals surface area contributed by atoms with Gasteiger partial charge in [-0.25, -0.2) is 8.78 Å². The molecule has 0 saturated carbocycles. The first-order valence-electron chi connectivity index (χ1n) is 6.60. The Morgan fingerprint density at radius 1 is 1.43 bits per heavy atom. The maximum Gasteiger partial charge on any atom is 0.130 e. The molecule has 3 N–H and O–H groups in total. The van der Waals surface area contributed by atoms with Crippen molar-refractivity contribution >= 4 is 11.6 Å². The normalized spacial score (nSPS) is 12.7. The Labute approximate surface area is 126 Å². The van der Waals surface area contributed by atoms with E-state index in [4.69, 9.17) is 17.4 Å². The Morgan fingerprint density at radius 3 is 2.71 bits per heavy atom. The molecule has 114 valence electrons. The number of hydrazine groups is 1. The Kier molecular flexibility index (Phi) is 4.92. The van der Waals surface area contributed by atoms with Crippen LogP contribution in [0.1, 0.15) is 29.9 Å². The predicted octanol–water partition coefficient (Wildman–Crippen LogP) is 2.89. The first kappa shape index (κ1) is 15.9. The number of halogens is 3. The highest BCUT2D eigenvalue weighted by Crippen LogP contribution is 2.27. The zero-order valence-corrected chi connectivity index (χ0v) is 12.6. The van der Waals surface area contributed by atoms with E-state index in [0.29, 0.717) is 23.7 Å². The maximum absolute atomic E-state index is 13.9. The van der Waals surface area contributed by atoms with E-state index in [1.807, 2.05) is 6.92 Å². The molecule has 1 unspecified atom stereocenters. The lowest BCUT2D eigenvalue weighted by atomic mass is 10.0. The van der Waals surface area contributed by atoms with Crippen LogP contribution in [0.15, 0.2) is 18.2 Å². The third-order valence-corrected chi connectivity index (χ3v) is 3.88. The Hall–Kier alpha value is -1.50. The number of hydrogen-bond acceptors (Lipinski definition) is 3. The number of aromatic nitrogens is 2. The summed E-state index contributed by atoms with van der Waals surface area (Å²) in [5.41, 5.74) is 4.32. The van der Waals surface area contributed by atoms with Crippen LogP contribution in [-0.4, -0.2) is 9.78 Å². The standard InChI is InChI=1S/C14H17ClF2N4/c1-3-21-13(14(15)8(2)20-21)7-12(19-18)10-5-4-9(16)6-11(10)17/h4-6,12,19H,3,7,18H2,1-2H3. The van der Waals surface area contributed by atoms with Gasteiger partial charge in [-0.3, -0.25) is 16.0 Å².